The van der Waals surface area contributed by atoms with Crippen molar-refractivity contribution in [3.05, 3.63) is 46.8 Å². The molecule has 1 aromatic carbocycles. The number of aromatic nitrogens is 2. The van der Waals surface area contributed by atoms with E-state index in [9.17, 15) is 4.79 Å². The van der Waals surface area contributed by atoms with E-state index in [0.29, 0.717) is 6.54 Å². The molecule has 0 aliphatic rings. The van der Waals surface area contributed by atoms with Gasteiger partial charge in [0.2, 0.25) is 5.91 Å². The summed E-state index contributed by atoms with van der Waals surface area (Å²) in [6, 6.07) is 8.13. The smallest absolute Gasteiger partial charge is 0.236 e. The lowest BCUT2D eigenvalue weighted by Gasteiger charge is -2.16. The molecule has 0 spiro atoms. The van der Waals surface area contributed by atoms with Gasteiger partial charge in [-0.15, -0.1) is 12.4 Å². The third kappa shape index (κ3) is 3.48. The number of aryl methyl sites for hydroxylation is 2. The molecule has 0 saturated heterocycles. The Hall–Kier alpha value is -1.85. The largest absolute Gasteiger partial charge is 0.340 e. The van der Waals surface area contributed by atoms with Crippen LogP contribution in [-0.2, 0) is 11.3 Å². The van der Waals surface area contributed by atoms with Crippen molar-refractivity contribution >= 4 is 18.3 Å². The highest BCUT2D eigenvalue weighted by Crippen LogP contribution is 2.21. The lowest BCUT2D eigenvalue weighted by molar-refractivity contribution is -0.128. The Morgan fingerprint density at radius 2 is 1.91 bits per heavy atom. The first-order valence-electron chi connectivity index (χ1n) is 7.00. The van der Waals surface area contributed by atoms with Crippen LogP contribution in [0.5, 0.6) is 0 Å². The van der Waals surface area contributed by atoms with Gasteiger partial charge in [0, 0.05) is 24.8 Å². The monoisotopic (exact) mass is 322 g/mol. The van der Waals surface area contributed by atoms with Crippen LogP contribution in [0, 0.1) is 20.8 Å². The van der Waals surface area contributed by atoms with Crippen molar-refractivity contribution in [3.63, 3.8) is 0 Å². The summed E-state index contributed by atoms with van der Waals surface area (Å²) in [7, 11) is 1.76. The minimum Gasteiger partial charge on any atom is -0.340 e. The van der Waals surface area contributed by atoms with Gasteiger partial charge in [-0.1, -0.05) is 18.2 Å². The molecular formula is C16H23ClN4O. The lowest BCUT2D eigenvalue weighted by atomic mass is 10.1. The summed E-state index contributed by atoms with van der Waals surface area (Å²) in [5.74, 6) is -0.0718. The highest BCUT2D eigenvalue weighted by atomic mass is 35.5. The molecule has 0 unspecified atom stereocenters. The highest BCUT2D eigenvalue weighted by Gasteiger charge is 2.17. The van der Waals surface area contributed by atoms with E-state index in [-0.39, 0.29) is 24.9 Å². The summed E-state index contributed by atoms with van der Waals surface area (Å²) in [6.45, 7) is 6.62. The van der Waals surface area contributed by atoms with Crippen molar-refractivity contribution in [2.75, 3.05) is 13.6 Å². The normalized spacial score (nSPS) is 10.2. The quantitative estimate of drug-likeness (QED) is 0.938. The Balaban J connectivity index is 0.00000242. The summed E-state index contributed by atoms with van der Waals surface area (Å²) in [4.78, 5) is 13.3. The van der Waals surface area contributed by atoms with Crippen molar-refractivity contribution < 1.29 is 4.79 Å². The number of hydrogen-bond donors (Lipinski definition) is 1. The molecule has 0 radical (unpaired) electrons. The first kappa shape index (κ1) is 18.2. The van der Waals surface area contributed by atoms with Crippen molar-refractivity contribution in [1.29, 1.82) is 0 Å². The number of amides is 1. The summed E-state index contributed by atoms with van der Waals surface area (Å²) < 4.78 is 1.95. The summed E-state index contributed by atoms with van der Waals surface area (Å²) in [5, 5.41) is 4.63. The Morgan fingerprint density at radius 1 is 1.27 bits per heavy atom. The molecule has 0 atom stereocenters. The molecule has 6 heteroatoms. The molecule has 2 rings (SSSR count). The van der Waals surface area contributed by atoms with Crippen LogP contribution in [0.4, 0.5) is 0 Å². The fraction of sp³-hybridized carbons (Fsp3) is 0.375. The maximum Gasteiger partial charge on any atom is 0.236 e. The number of hydrogen-bond acceptors (Lipinski definition) is 3. The molecule has 0 saturated carbocycles. The molecule has 1 amide bonds. The van der Waals surface area contributed by atoms with Crippen LogP contribution in [0.15, 0.2) is 24.3 Å². The Bertz CT molecular complexity index is 666. The zero-order valence-electron chi connectivity index (χ0n) is 13.5. The van der Waals surface area contributed by atoms with E-state index in [1.165, 1.54) is 5.56 Å². The molecule has 2 aromatic rings. The third-order valence-corrected chi connectivity index (χ3v) is 3.78. The first-order valence-corrected chi connectivity index (χ1v) is 7.00. The highest BCUT2D eigenvalue weighted by molar-refractivity contribution is 5.85. The van der Waals surface area contributed by atoms with Gasteiger partial charge >= 0.3 is 0 Å². The zero-order chi connectivity index (χ0) is 15.6. The molecule has 0 aliphatic carbocycles. The van der Waals surface area contributed by atoms with Crippen LogP contribution < -0.4 is 5.73 Å². The second kappa shape index (κ2) is 7.42. The van der Waals surface area contributed by atoms with Gasteiger partial charge in [0.25, 0.3) is 0 Å². The predicted octanol–water partition coefficient (Wildman–Crippen LogP) is 2.14. The number of para-hydroxylation sites is 1. The van der Waals surface area contributed by atoms with Gasteiger partial charge in [0.05, 0.1) is 17.9 Å². The van der Waals surface area contributed by atoms with Gasteiger partial charge in [0.1, 0.15) is 0 Å². The molecule has 0 aliphatic heterocycles. The topological polar surface area (TPSA) is 64.2 Å². The van der Waals surface area contributed by atoms with E-state index >= 15 is 0 Å². The SMILES string of the molecule is Cc1ccccc1-n1nc(C)c(CN(C)C(=O)CN)c1C.Cl. The zero-order valence-corrected chi connectivity index (χ0v) is 14.3. The molecular weight excluding hydrogens is 300 g/mol. The van der Waals surface area contributed by atoms with E-state index in [2.05, 4.69) is 18.1 Å². The summed E-state index contributed by atoms with van der Waals surface area (Å²) in [6.07, 6.45) is 0. The molecule has 1 heterocycles. The van der Waals surface area contributed by atoms with E-state index in [4.69, 9.17) is 5.73 Å². The first-order chi connectivity index (χ1) is 9.95. The maximum atomic E-state index is 11.6. The van der Waals surface area contributed by atoms with Crippen molar-refractivity contribution in [2.24, 2.45) is 5.73 Å². The van der Waals surface area contributed by atoms with Gasteiger partial charge in [-0.2, -0.15) is 5.10 Å². The van der Waals surface area contributed by atoms with Crippen molar-refractivity contribution in [2.45, 2.75) is 27.3 Å². The molecule has 0 bridgehead atoms. The van der Waals surface area contributed by atoms with Crippen LogP contribution in [-0.4, -0.2) is 34.2 Å². The number of likely N-dealkylation sites (N-methyl/N-ethyl adjacent to an activating group) is 1. The predicted molar refractivity (Wildman–Crippen MR) is 90.6 cm³/mol. The number of nitrogens with two attached hydrogens (primary N) is 1. The van der Waals surface area contributed by atoms with Crippen LogP contribution in [0.25, 0.3) is 5.69 Å². The number of benzene rings is 1. The number of halogens is 1. The number of carbonyl (C=O) groups excluding carboxylic acids is 1. The number of carbonyl (C=O) groups is 1. The molecule has 2 N–H and O–H groups in total. The van der Waals surface area contributed by atoms with Crippen molar-refractivity contribution in [1.82, 2.24) is 14.7 Å². The second-order valence-corrected chi connectivity index (χ2v) is 5.30. The minimum atomic E-state index is -0.0718. The fourth-order valence-corrected chi connectivity index (χ4v) is 2.42. The summed E-state index contributed by atoms with van der Waals surface area (Å²) >= 11 is 0. The maximum absolute atomic E-state index is 11.6. The van der Waals surface area contributed by atoms with E-state index in [1.54, 1.807) is 11.9 Å². The van der Waals surface area contributed by atoms with Crippen molar-refractivity contribution in [3.8, 4) is 5.69 Å². The van der Waals surface area contributed by atoms with Gasteiger partial charge in [-0.3, -0.25) is 4.79 Å². The molecule has 120 valence electrons. The third-order valence-electron chi connectivity index (χ3n) is 3.78. The minimum absolute atomic E-state index is 0. The van der Waals surface area contributed by atoms with Gasteiger partial charge in [-0.05, 0) is 32.4 Å². The lowest BCUT2D eigenvalue weighted by Crippen LogP contribution is -2.32. The standard InChI is InChI=1S/C16H22N4O.ClH/c1-11-7-5-6-8-15(11)20-13(3)14(12(2)18-20)10-19(4)16(21)9-17;/h5-8H,9-10,17H2,1-4H3;1H. The van der Waals surface area contributed by atoms with E-state index in [1.807, 2.05) is 36.7 Å². The molecule has 0 fully saturated rings. The number of nitrogens with zero attached hydrogens (tertiary/aromatic N) is 3. The van der Waals surface area contributed by atoms with E-state index < -0.39 is 0 Å². The molecule has 22 heavy (non-hydrogen) atoms. The Kier molecular flexibility index (Phi) is 6.14. The van der Waals surface area contributed by atoms with Crippen LogP contribution in [0.3, 0.4) is 0 Å². The average Bonchev–Trinajstić information content (AvgIpc) is 2.74. The Labute approximate surface area is 137 Å². The van der Waals surface area contributed by atoms with Gasteiger partial charge < -0.3 is 10.6 Å². The van der Waals surface area contributed by atoms with Crippen LogP contribution >= 0.6 is 12.4 Å². The molecule has 1 aromatic heterocycles. The van der Waals surface area contributed by atoms with E-state index in [0.717, 1.165) is 22.6 Å². The van der Waals surface area contributed by atoms with Crippen LogP contribution in [0.2, 0.25) is 0 Å². The van der Waals surface area contributed by atoms with Gasteiger partial charge in [-0.25, -0.2) is 4.68 Å². The Morgan fingerprint density at radius 3 is 2.50 bits per heavy atom. The second-order valence-electron chi connectivity index (χ2n) is 5.30. The average molecular weight is 323 g/mol. The fourth-order valence-electron chi connectivity index (χ4n) is 2.42. The van der Waals surface area contributed by atoms with Crippen LogP contribution in [0.1, 0.15) is 22.5 Å². The summed E-state index contributed by atoms with van der Waals surface area (Å²) in [5.41, 5.74) is 10.7. The molecule has 5 nitrogen and oxygen atoms in total. The number of rotatable bonds is 4. The van der Waals surface area contributed by atoms with Gasteiger partial charge in [0.15, 0.2) is 0 Å².